The van der Waals surface area contributed by atoms with Gasteiger partial charge < -0.3 is 19.7 Å². The molecule has 32 heavy (non-hydrogen) atoms. The van der Waals surface area contributed by atoms with Crippen LogP contribution in [0.4, 0.5) is 5.69 Å². The number of carbonyl (C=O) groups is 3. The highest BCUT2D eigenvalue weighted by molar-refractivity contribution is 5.98. The number of piperidine rings is 1. The SMILES string of the molecule is CC(=O)c1ccc(NC(=O)CCN2CCC(C(=O)c3ccc4c(c3)OCCO4)CC2)cc1. The molecule has 1 fully saturated rings. The molecule has 0 bridgehead atoms. The van der Waals surface area contributed by atoms with Crippen molar-refractivity contribution >= 4 is 23.2 Å². The number of amides is 1. The van der Waals surface area contributed by atoms with E-state index in [1.54, 1.807) is 30.3 Å². The summed E-state index contributed by atoms with van der Waals surface area (Å²) in [6, 6.07) is 12.3. The van der Waals surface area contributed by atoms with E-state index in [1.165, 1.54) is 6.92 Å². The van der Waals surface area contributed by atoms with Crippen molar-refractivity contribution in [1.29, 1.82) is 0 Å². The quantitative estimate of drug-likeness (QED) is 0.668. The fraction of sp³-hybridized carbons (Fsp3) is 0.400. The fourth-order valence-corrected chi connectivity index (χ4v) is 4.12. The highest BCUT2D eigenvalue weighted by atomic mass is 16.6. The van der Waals surface area contributed by atoms with Crippen molar-refractivity contribution in [3.05, 3.63) is 53.6 Å². The van der Waals surface area contributed by atoms with Crippen LogP contribution < -0.4 is 14.8 Å². The van der Waals surface area contributed by atoms with Crippen molar-refractivity contribution in [3.8, 4) is 11.5 Å². The maximum atomic E-state index is 12.9. The van der Waals surface area contributed by atoms with Gasteiger partial charge in [-0.2, -0.15) is 0 Å². The van der Waals surface area contributed by atoms with Crippen LogP contribution in [0, 0.1) is 5.92 Å². The monoisotopic (exact) mass is 436 g/mol. The Morgan fingerprint density at radius 2 is 1.59 bits per heavy atom. The summed E-state index contributed by atoms with van der Waals surface area (Å²) in [5, 5.41) is 2.87. The maximum absolute atomic E-state index is 12.9. The lowest BCUT2D eigenvalue weighted by molar-refractivity contribution is -0.116. The van der Waals surface area contributed by atoms with Crippen molar-refractivity contribution in [2.45, 2.75) is 26.2 Å². The number of ketones is 2. The third kappa shape index (κ3) is 5.34. The third-order valence-corrected chi connectivity index (χ3v) is 6.02. The van der Waals surface area contributed by atoms with E-state index in [4.69, 9.17) is 9.47 Å². The second kappa shape index (κ2) is 9.96. The Balaban J connectivity index is 1.22. The van der Waals surface area contributed by atoms with Gasteiger partial charge >= 0.3 is 0 Å². The number of likely N-dealkylation sites (tertiary alicyclic amines) is 1. The van der Waals surface area contributed by atoms with E-state index in [-0.39, 0.29) is 23.4 Å². The molecule has 7 heteroatoms. The summed E-state index contributed by atoms with van der Waals surface area (Å²) in [5.41, 5.74) is 1.98. The average Bonchev–Trinajstić information content (AvgIpc) is 2.82. The third-order valence-electron chi connectivity index (χ3n) is 6.02. The first-order valence-corrected chi connectivity index (χ1v) is 11.1. The first-order valence-electron chi connectivity index (χ1n) is 11.1. The number of carbonyl (C=O) groups excluding carboxylic acids is 3. The summed E-state index contributed by atoms with van der Waals surface area (Å²) in [7, 11) is 0. The van der Waals surface area contributed by atoms with Crippen LogP contribution in [-0.4, -0.2) is 55.2 Å². The predicted molar refractivity (Wildman–Crippen MR) is 121 cm³/mol. The fourth-order valence-electron chi connectivity index (χ4n) is 4.12. The lowest BCUT2D eigenvalue weighted by atomic mass is 9.88. The molecule has 2 heterocycles. The van der Waals surface area contributed by atoms with Gasteiger partial charge in [-0.15, -0.1) is 0 Å². The number of anilines is 1. The number of fused-ring (bicyclic) bond motifs is 1. The Morgan fingerprint density at radius 1 is 0.938 bits per heavy atom. The second-order valence-corrected chi connectivity index (χ2v) is 8.27. The molecule has 0 aromatic heterocycles. The minimum absolute atomic E-state index is 0.00117. The summed E-state index contributed by atoms with van der Waals surface area (Å²) >= 11 is 0. The van der Waals surface area contributed by atoms with Gasteiger partial charge in [0.1, 0.15) is 13.2 Å². The Morgan fingerprint density at radius 3 is 2.28 bits per heavy atom. The Labute approximate surface area is 187 Å². The van der Waals surface area contributed by atoms with Crippen molar-refractivity contribution in [2.24, 2.45) is 5.92 Å². The van der Waals surface area contributed by atoms with Crippen LogP contribution in [-0.2, 0) is 4.79 Å². The highest BCUT2D eigenvalue weighted by Gasteiger charge is 2.27. The molecule has 0 aliphatic carbocycles. The summed E-state index contributed by atoms with van der Waals surface area (Å²) in [6.07, 6.45) is 1.94. The van der Waals surface area contributed by atoms with E-state index >= 15 is 0 Å². The number of hydrogen-bond donors (Lipinski definition) is 1. The van der Waals surface area contributed by atoms with Gasteiger partial charge in [0.25, 0.3) is 0 Å². The minimum atomic E-state index is -0.0601. The molecule has 1 amide bonds. The number of ether oxygens (including phenoxy) is 2. The zero-order valence-corrected chi connectivity index (χ0v) is 18.3. The van der Waals surface area contributed by atoms with Crippen LogP contribution in [0.5, 0.6) is 11.5 Å². The van der Waals surface area contributed by atoms with Crippen molar-refractivity contribution in [2.75, 3.05) is 38.2 Å². The number of benzene rings is 2. The van der Waals surface area contributed by atoms with Crippen molar-refractivity contribution in [1.82, 2.24) is 4.90 Å². The maximum Gasteiger partial charge on any atom is 0.225 e. The van der Waals surface area contributed by atoms with Gasteiger partial charge in [0, 0.05) is 35.7 Å². The number of hydrogen-bond acceptors (Lipinski definition) is 6. The molecule has 1 saturated heterocycles. The second-order valence-electron chi connectivity index (χ2n) is 8.27. The Bertz CT molecular complexity index is 994. The van der Waals surface area contributed by atoms with Crippen LogP contribution in [0.2, 0.25) is 0 Å². The molecule has 0 spiro atoms. The lowest BCUT2D eigenvalue weighted by Crippen LogP contribution is -2.38. The molecule has 2 aromatic rings. The summed E-state index contributed by atoms with van der Waals surface area (Å²) in [5.74, 6) is 1.40. The molecule has 4 rings (SSSR count). The number of Topliss-reactive ketones (excluding diaryl/α,β-unsaturated/α-hetero) is 2. The first kappa shape index (κ1) is 22.0. The molecule has 0 atom stereocenters. The first-order chi connectivity index (χ1) is 15.5. The molecular formula is C25H28N2O5. The van der Waals surface area contributed by atoms with Gasteiger partial charge in [0.05, 0.1) is 0 Å². The standard InChI is InChI=1S/C25H28N2O5/c1-17(28)18-2-5-21(6-3-18)26-24(29)10-13-27-11-8-19(9-12-27)25(30)20-4-7-22-23(16-20)32-15-14-31-22/h2-7,16,19H,8-15H2,1H3,(H,26,29). The van der Waals surface area contributed by atoms with Gasteiger partial charge in [-0.3, -0.25) is 14.4 Å². The lowest BCUT2D eigenvalue weighted by Gasteiger charge is -2.31. The number of rotatable bonds is 7. The zero-order valence-electron chi connectivity index (χ0n) is 18.3. The largest absolute Gasteiger partial charge is 0.486 e. The van der Waals surface area contributed by atoms with E-state index in [2.05, 4.69) is 10.2 Å². The van der Waals surface area contributed by atoms with E-state index in [9.17, 15) is 14.4 Å². The Hall–Kier alpha value is -3.19. The molecule has 1 N–H and O–H groups in total. The number of nitrogens with zero attached hydrogens (tertiary/aromatic N) is 1. The van der Waals surface area contributed by atoms with Gasteiger partial charge in [0.15, 0.2) is 23.1 Å². The topological polar surface area (TPSA) is 84.9 Å². The minimum Gasteiger partial charge on any atom is -0.486 e. The van der Waals surface area contributed by atoms with Gasteiger partial charge in [-0.25, -0.2) is 0 Å². The molecule has 168 valence electrons. The zero-order chi connectivity index (χ0) is 22.5. The van der Waals surface area contributed by atoms with Gasteiger partial charge in [0.2, 0.25) is 5.91 Å². The molecule has 0 radical (unpaired) electrons. The highest BCUT2D eigenvalue weighted by Crippen LogP contribution is 2.32. The van der Waals surface area contributed by atoms with Crippen LogP contribution in [0.15, 0.2) is 42.5 Å². The van der Waals surface area contributed by atoms with E-state index in [0.717, 1.165) is 25.9 Å². The molecule has 2 aliphatic heterocycles. The van der Waals surface area contributed by atoms with E-state index < -0.39 is 0 Å². The Kier molecular flexibility index (Phi) is 6.85. The molecule has 7 nitrogen and oxygen atoms in total. The van der Waals surface area contributed by atoms with Crippen LogP contribution in [0.1, 0.15) is 46.9 Å². The number of nitrogens with one attached hydrogen (secondary N) is 1. The van der Waals surface area contributed by atoms with Crippen LogP contribution in [0.25, 0.3) is 0 Å². The van der Waals surface area contributed by atoms with Crippen molar-refractivity contribution < 1.29 is 23.9 Å². The van der Waals surface area contributed by atoms with Crippen molar-refractivity contribution in [3.63, 3.8) is 0 Å². The molecule has 0 unspecified atom stereocenters. The van der Waals surface area contributed by atoms with Crippen LogP contribution >= 0.6 is 0 Å². The predicted octanol–water partition coefficient (Wildman–Crippen LogP) is 3.58. The average molecular weight is 437 g/mol. The summed E-state index contributed by atoms with van der Waals surface area (Å²) in [4.78, 5) is 38.8. The smallest absolute Gasteiger partial charge is 0.225 e. The molecule has 0 saturated carbocycles. The normalized spacial score (nSPS) is 16.4. The molecular weight excluding hydrogens is 408 g/mol. The van der Waals surface area contributed by atoms with Gasteiger partial charge in [-0.1, -0.05) is 0 Å². The van der Waals surface area contributed by atoms with E-state index in [0.29, 0.717) is 54.5 Å². The molecule has 2 aliphatic rings. The van der Waals surface area contributed by atoms with E-state index in [1.807, 2.05) is 12.1 Å². The molecule has 2 aromatic carbocycles. The van der Waals surface area contributed by atoms with Gasteiger partial charge in [-0.05, 0) is 75.3 Å². The van der Waals surface area contributed by atoms with Crippen LogP contribution in [0.3, 0.4) is 0 Å². The summed E-state index contributed by atoms with van der Waals surface area (Å²) < 4.78 is 11.1. The summed E-state index contributed by atoms with van der Waals surface area (Å²) in [6.45, 7) is 4.79.